The van der Waals surface area contributed by atoms with Crippen molar-refractivity contribution in [3.05, 3.63) is 78.1 Å². The second kappa shape index (κ2) is 10.1. The molecular weight excluding hydrogens is 373 g/mol. The lowest BCUT2D eigenvalue weighted by molar-refractivity contribution is -0.0521. The quantitative estimate of drug-likeness (QED) is 0.333. The van der Waals surface area contributed by atoms with E-state index in [0.29, 0.717) is 5.56 Å². The summed E-state index contributed by atoms with van der Waals surface area (Å²) < 4.78 is 42.6. The van der Waals surface area contributed by atoms with Gasteiger partial charge in [0, 0.05) is 0 Å². The van der Waals surface area contributed by atoms with Gasteiger partial charge in [0.15, 0.2) is 11.6 Å². The van der Waals surface area contributed by atoms with E-state index in [1.807, 2.05) is 24.3 Å². The van der Waals surface area contributed by atoms with Crippen LogP contribution < -0.4 is 4.74 Å². The molecule has 0 saturated carbocycles. The van der Waals surface area contributed by atoms with Gasteiger partial charge in [0.25, 0.3) is 0 Å². The summed E-state index contributed by atoms with van der Waals surface area (Å²) >= 11 is 0. The lowest BCUT2D eigenvalue weighted by Gasteiger charge is -2.09. The predicted molar refractivity (Wildman–Crippen MR) is 112 cm³/mol. The minimum absolute atomic E-state index is 0.449. The summed E-state index contributed by atoms with van der Waals surface area (Å²) in [4.78, 5) is 0. The van der Waals surface area contributed by atoms with E-state index in [4.69, 9.17) is 0 Å². The van der Waals surface area contributed by atoms with Crippen molar-refractivity contribution < 1.29 is 17.9 Å². The van der Waals surface area contributed by atoms with Crippen molar-refractivity contribution in [1.82, 2.24) is 0 Å². The molecule has 0 heterocycles. The molecule has 0 bridgehead atoms. The van der Waals surface area contributed by atoms with Gasteiger partial charge in [-0.2, -0.15) is 8.78 Å². The highest BCUT2D eigenvalue weighted by Crippen LogP contribution is 2.29. The van der Waals surface area contributed by atoms with Gasteiger partial charge in [0.2, 0.25) is 0 Å². The fraction of sp³-hybridized carbons (Fsp3) is 0.280. The van der Waals surface area contributed by atoms with Crippen molar-refractivity contribution in [1.29, 1.82) is 0 Å². The van der Waals surface area contributed by atoms with Gasteiger partial charge in [0.1, 0.15) is 0 Å². The topological polar surface area (TPSA) is 9.23 Å². The summed E-state index contributed by atoms with van der Waals surface area (Å²) in [5.41, 5.74) is 4.97. The Labute approximate surface area is 170 Å². The average molecular weight is 398 g/mol. The molecule has 0 atom stereocenters. The van der Waals surface area contributed by atoms with Gasteiger partial charge in [-0.05, 0) is 52.8 Å². The summed E-state index contributed by atoms with van der Waals surface area (Å²) in [5.74, 6) is -1.25. The van der Waals surface area contributed by atoms with E-state index in [2.05, 4.69) is 35.9 Å². The van der Waals surface area contributed by atoms with Gasteiger partial charge >= 0.3 is 6.61 Å². The molecule has 0 aliphatic rings. The lowest BCUT2D eigenvalue weighted by atomic mass is 9.98. The molecule has 0 aromatic heterocycles. The lowest BCUT2D eigenvalue weighted by Crippen LogP contribution is -2.03. The molecule has 0 amide bonds. The highest BCUT2D eigenvalue weighted by Gasteiger charge is 2.11. The first-order chi connectivity index (χ1) is 14.1. The normalized spacial score (nSPS) is 11.1. The van der Waals surface area contributed by atoms with Crippen LogP contribution in [0.4, 0.5) is 13.2 Å². The molecule has 1 nitrogen and oxygen atoms in total. The summed E-state index contributed by atoms with van der Waals surface area (Å²) in [5, 5.41) is 0. The van der Waals surface area contributed by atoms with Gasteiger partial charge in [-0.1, -0.05) is 80.8 Å². The number of ether oxygens (including phenoxy) is 1. The average Bonchev–Trinajstić information content (AvgIpc) is 2.73. The smallest absolute Gasteiger partial charge is 0.387 e. The van der Waals surface area contributed by atoms with Crippen molar-refractivity contribution in [2.75, 3.05) is 0 Å². The van der Waals surface area contributed by atoms with Gasteiger partial charge in [-0.3, -0.25) is 0 Å². The predicted octanol–water partition coefficient (Wildman–Crippen LogP) is 7.88. The SMILES string of the molecule is CCCCCCc1ccc(-c2ccc(-c3ccc(OC(F)F)c(F)c3)cc2)cc1. The van der Waals surface area contributed by atoms with Crippen LogP contribution in [0.15, 0.2) is 66.7 Å². The van der Waals surface area contributed by atoms with Gasteiger partial charge in [-0.25, -0.2) is 4.39 Å². The minimum atomic E-state index is -3.04. The van der Waals surface area contributed by atoms with Crippen molar-refractivity contribution >= 4 is 0 Å². The van der Waals surface area contributed by atoms with E-state index in [1.165, 1.54) is 43.4 Å². The van der Waals surface area contributed by atoms with Crippen LogP contribution in [0.5, 0.6) is 5.75 Å². The van der Waals surface area contributed by atoms with E-state index in [9.17, 15) is 13.2 Å². The van der Waals surface area contributed by atoms with Crippen LogP contribution in [0.1, 0.15) is 38.2 Å². The number of hydrogen-bond acceptors (Lipinski definition) is 1. The Bertz CT molecular complexity index is 902. The zero-order valence-corrected chi connectivity index (χ0v) is 16.5. The highest BCUT2D eigenvalue weighted by atomic mass is 19.3. The second-order valence-electron chi connectivity index (χ2n) is 7.11. The van der Waals surface area contributed by atoms with E-state index in [-0.39, 0.29) is 0 Å². The largest absolute Gasteiger partial charge is 0.432 e. The maximum atomic E-state index is 14.0. The first kappa shape index (κ1) is 21.0. The summed E-state index contributed by atoms with van der Waals surface area (Å²) in [6, 6.07) is 20.4. The summed E-state index contributed by atoms with van der Waals surface area (Å²) in [6.45, 7) is -0.828. The highest BCUT2D eigenvalue weighted by molar-refractivity contribution is 5.71. The van der Waals surface area contributed by atoms with Gasteiger partial charge < -0.3 is 4.74 Å². The van der Waals surface area contributed by atoms with E-state index in [1.54, 1.807) is 6.07 Å². The van der Waals surface area contributed by atoms with Crippen LogP contribution in [0.25, 0.3) is 22.3 Å². The monoisotopic (exact) mass is 398 g/mol. The van der Waals surface area contributed by atoms with Crippen molar-refractivity contribution in [2.45, 2.75) is 45.6 Å². The molecule has 0 N–H and O–H groups in total. The molecule has 0 fully saturated rings. The van der Waals surface area contributed by atoms with E-state index >= 15 is 0 Å². The van der Waals surface area contributed by atoms with Crippen LogP contribution in [0.3, 0.4) is 0 Å². The number of rotatable bonds is 9. The molecule has 0 radical (unpaired) electrons. The maximum absolute atomic E-state index is 14.0. The Morgan fingerprint density at radius 3 is 1.83 bits per heavy atom. The van der Waals surface area contributed by atoms with E-state index < -0.39 is 18.2 Å². The fourth-order valence-corrected chi connectivity index (χ4v) is 3.35. The third kappa shape index (κ3) is 5.86. The van der Waals surface area contributed by atoms with Crippen LogP contribution in [0.2, 0.25) is 0 Å². The molecule has 29 heavy (non-hydrogen) atoms. The number of benzene rings is 3. The van der Waals surface area contributed by atoms with Crippen LogP contribution >= 0.6 is 0 Å². The Hall–Kier alpha value is -2.75. The molecule has 3 rings (SSSR count). The Kier molecular flexibility index (Phi) is 7.34. The van der Waals surface area contributed by atoms with Crippen molar-refractivity contribution in [3.8, 4) is 28.0 Å². The molecule has 3 aromatic rings. The summed E-state index contributed by atoms with van der Waals surface area (Å²) in [7, 11) is 0. The van der Waals surface area contributed by atoms with Crippen molar-refractivity contribution in [2.24, 2.45) is 0 Å². The fourth-order valence-electron chi connectivity index (χ4n) is 3.35. The number of halogens is 3. The number of alkyl halides is 2. The molecule has 0 spiro atoms. The minimum Gasteiger partial charge on any atom is -0.432 e. The summed E-state index contributed by atoms with van der Waals surface area (Å²) in [6.07, 6.45) is 6.14. The second-order valence-corrected chi connectivity index (χ2v) is 7.11. The van der Waals surface area contributed by atoms with Gasteiger partial charge in [-0.15, -0.1) is 0 Å². The number of aryl methyl sites for hydroxylation is 1. The molecule has 0 saturated heterocycles. The zero-order valence-electron chi connectivity index (χ0n) is 16.5. The zero-order chi connectivity index (χ0) is 20.6. The maximum Gasteiger partial charge on any atom is 0.387 e. The molecule has 0 aliphatic carbocycles. The molecule has 0 unspecified atom stereocenters. The first-order valence-electron chi connectivity index (χ1n) is 10.0. The van der Waals surface area contributed by atoms with Crippen LogP contribution in [-0.2, 0) is 6.42 Å². The molecule has 3 aromatic carbocycles. The Morgan fingerprint density at radius 2 is 1.28 bits per heavy atom. The van der Waals surface area contributed by atoms with Crippen LogP contribution in [-0.4, -0.2) is 6.61 Å². The molecule has 4 heteroatoms. The van der Waals surface area contributed by atoms with Gasteiger partial charge in [0.05, 0.1) is 0 Å². The number of unbranched alkanes of at least 4 members (excludes halogenated alkanes) is 3. The molecule has 152 valence electrons. The Balaban J connectivity index is 1.68. The third-order valence-electron chi connectivity index (χ3n) is 4.97. The van der Waals surface area contributed by atoms with Crippen LogP contribution in [0, 0.1) is 5.82 Å². The molecule has 0 aliphatic heterocycles. The number of hydrogen-bond donors (Lipinski definition) is 0. The van der Waals surface area contributed by atoms with Crippen molar-refractivity contribution in [3.63, 3.8) is 0 Å². The standard InChI is InChI=1S/C25H25F3O/c1-2-3-4-5-6-18-7-9-19(10-8-18)20-11-13-21(14-12-20)22-15-16-24(23(26)17-22)29-25(27)28/h7-17,25H,2-6H2,1H3. The third-order valence-corrected chi connectivity index (χ3v) is 4.97. The molecular formula is C25H25F3O. The first-order valence-corrected chi connectivity index (χ1v) is 10.0. The Morgan fingerprint density at radius 1 is 0.724 bits per heavy atom. The van der Waals surface area contributed by atoms with E-state index in [0.717, 1.165) is 23.1 Å².